The smallest absolute Gasteiger partial charge is 0.255 e. The summed E-state index contributed by atoms with van der Waals surface area (Å²) in [7, 11) is 1.72. The number of nitrogens with zero attached hydrogens (tertiary/aromatic N) is 1. The van der Waals surface area contributed by atoms with E-state index in [9.17, 15) is 9.90 Å². The highest BCUT2D eigenvalue weighted by molar-refractivity contribution is 6.03. The van der Waals surface area contributed by atoms with Crippen LogP contribution in [-0.4, -0.2) is 35.6 Å². The zero-order valence-electron chi connectivity index (χ0n) is 12.2. The number of hydrogen-bond donors (Lipinski definition) is 2. The quantitative estimate of drug-likeness (QED) is 0.853. The summed E-state index contributed by atoms with van der Waals surface area (Å²) in [5.41, 5.74) is 6.98. The summed E-state index contributed by atoms with van der Waals surface area (Å²) in [6.07, 6.45) is 0.134. The van der Waals surface area contributed by atoms with Crippen molar-refractivity contribution in [2.45, 2.75) is 19.4 Å². The molecule has 5 heteroatoms. The molecule has 0 aliphatic rings. The molecule has 114 valence electrons. The Kier molecular flexibility index (Phi) is 6.00. The fourth-order valence-electron chi connectivity index (χ4n) is 2.13. The molecule has 2 aromatic carbocycles. The first-order valence-electron chi connectivity index (χ1n) is 6.71. The van der Waals surface area contributed by atoms with E-state index in [-0.39, 0.29) is 18.3 Å². The van der Waals surface area contributed by atoms with Gasteiger partial charge in [-0.25, -0.2) is 0 Å². The fraction of sp³-hybridized carbons (Fsp3) is 0.312. The van der Waals surface area contributed by atoms with Crippen LogP contribution < -0.4 is 5.73 Å². The van der Waals surface area contributed by atoms with Gasteiger partial charge in [-0.1, -0.05) is 24.3 Å². The molecule has 1 unspecified atom stereocenters. The number of aliphatic hydroxyl groups is 1. The van der Waals surface area contributed by atoms with Crippen molar-refractivity contribution < 1.29 is 9.90 Å². The minimum absolute atomic E-state index is 0. The Morgan fingerprint density at radius 3 is 2.43 bits per heavy atom. The van der Waals surface area contributed by atoms with Crippen LogP contribution in [-0.2, 0) is 0 Å². The minimum atomic E-state index is -0.417. The molecule has 1 atom stereocenters. The Balaban J connectivity index is 0.00000220. The van der Waals surface area contributed by atoms with Crippen molar-refractivity contribution in [2.75, 3.05) is 19.3 Å². The van der Waals surface area contributed by atoms with Gasteiger partial charge >= 0.3 is 0 Å². The molecule has 0 aliphatic heterocycles. The zero-order valence-corrected chi connectivity index (χ0v) is 13.1. The molecule has 0 aromatic heterocycles. The summed E-state index contributed by atoms with van der Waals surface area (Å²) >= 11 is 0. The van der Waals surface area contributed by atoms with Gasteiger partial charge in [-0.05, 0) is 36.2 Å². The van der Waals surface area contributed by atoms with E-state index >= 15 is 0 Å². The lowest BCUT2D eigenvalue weighted by Gasteiger charge is -2.19. The van der Waals surface area contributed by atoms with E-state index in [4.69, 9.17) is 5.73 Å². The standard InChI is InChI=1S/C16H20N2O2.ClH/c1-11(19)7-8-18(2)16(20)14-9-12-5-3-4-6-13(12)10-15(14)17;/h3-6,9-11,19H,7-8,17H2,1-2H3;1H. The maximum atomic E-state index is 12.4. The van der Waals surface area contributed by atoms with Gasteiger partial charge in [-0.15, -0.1) is 12.4 Å². The summed E-state index contributed by atoms with van der Waals surface area (Å²) < 4.78 is 0. The van der Waals surface area contributed by atoms with Crippen LogP contribution in [0.5, 0.6) is 0 Å². The predicted molar refractivity (Wildman–Crippen MR) is 88.9 cm³/mol. The Labute approximate surface area is 131 Å². The average molecular weight is 309 g/mol. The molecule has 2 aromatic rings. The largest absolute Gasteiger partial charge is 0.398 e. The third-order valence-electron chi connectivity index (χ3n) is 3.38. The van der Waals surface area contributed by atoms with Gasteiger partial charge in [0.25, 0.3) is 5.91 Å². The second kappa shape index (κ2) is 7.29. The minimum Gasteiger partial charge on any atom is -0.398 e. The lowest BCUT2D eigenvalue weighted by atomic mass is 10.0. The molecule has 0 heterocycles. The average Bonchev–Trinajstić information content (AvgIpc) is 2.43. The van der Waals surface area contributed by atoms with Crippen molar-refractivity contribution >= 4 is 34.8 Å². The van der Waals surface area contributed by atoms with Crippen LogP contribution >= 0.6 is 12.4 Å². The van der Waals surface area contributed by atoms with Crippen LogP contribution in [0.2, 0.25) is 0 Å². The topological polar surface area (TPSA) is 66.6 Å². The summed E-state index contributed by atoms with van der Waals surface area (Å²) in [5, 5.41) is 11.3. The molecule has 3 N–H and O–H groups in total. The Morgan fingerprint density at radius 2 is 1.86 bits per heavy atom. The van der Waals surface area contributed by atoms with Crippen molar-refractivity contribution in [1.82, 2.24) is 4.90 Å². The van der Waals surface area contributed by atoms with Crippen LogP contribution in [0.1, 0.15) is 23.7 Å². The first-order chi connectivity index (χ1) is 9.49. The van der Waals surface area contributed by atoms with Crippen LogP contribution in [0, 0.1) is 0 Å². The SMILES string of the molecule is CC(O)CCN(C)C(=O)c1cc2ccccc2cc1N.Cl. The summed E-state index contributed by atoms with van der Waals surface area (Å²) in [6.45, 7) is 2.21. The van der Waals surface area contributed by atoms with E-state index in [1.165, 1.54) is 0 Å². The Bertz CT molecular complexity index is 629. The lowest BCUT2D eigenvalue weighted by molar-refractivity contribution is 0.0770. The molecule has 0 saturated carbocycles. The Hall–Kier alpha value is -1.78. The number of hydrogen-bond acceptors (Lipinski definition) is 3. The molecule has 0 aliphatic carbocycles. The molecule has 0 radical (unpaired) electrons. The van der Waals surface area contributed by atoms with Gasteiger partial charge in [-0.3, -0.25) is 4.79 Å². The molecule has 1 amide bonds. The van der Waals surface area contributed by atoms with Gasteiger partial charge in [-0.2, -0.15) is 0 Å². The maximum absolute atomic E-state index is 12.4. The third kappa shape index (κ3) is 4.09. The number of halogens is 1. The zero-order chi connectivity index (χ0) is 14.7. The number of rotatable bonds is 4. The van der Waals surface area contributed by atoms with Gasteiger partial charge in [0.05, 0.1) is 11.7 Å². The fourth-order valence-corrected chi connectivity index (χ4v) is 2.13. The highest BCUT2D eigenvalue weighted by Crippen LogP contribution is 2.23. The Morgan fingerprint density at radius 1 is 1.29 bits per heavy atom. The van der Waals surface area contributed by atoms with Crippen LogP contribution in [0.15, 0.2) is 36.4 Å². The monoisotopic (exact) mass is 308 g/mol. The maximum Gasteiger partial charge on any atom is 0.255 e. The second-order valence-corrected chi connectivity index (χ2v) is 5.15. The normalized spacial score (nSPS) is 11.8. The van der Waals surface area contributed by atoms with E-state index in [0.717, 1.165) is 10.8 Å². The van der Waals surface area contributed by atoms with Crippen molar-refractivity contribution in [1.29, 1.82) is 0 Å². The van der Waals surface area contributed by atoms with Gasteiger partial charge in [0.2, 0.25) is 0 Å². The number of fused-ring (bicyclic) bond motifs is 1. The number of nitrogens with two attached hydrogens (primary N) is 1. The summed E-state index contributed by atoms with van der Waals surface area (Å²) in [6, 6.07) is 11.5. The van der Waals surface area contributed by atoms with Crippen molar-refractivity contribution in [3.8, 4) is 0 Å². The van der Waals surface area contributed by atoms with Gasteiger partial charge < -0.3 is 15.7 Å². The number of carbonyl (C=O) groups excluding carboxylic acids is 1. The summed E-state index contributed by atoms with van der Waals surface area (Å²) in [5.74, 6) is -0.117. The van der Waals surface area contributed by atoms with Crippen molar-refractivity contribution in [3.63, 3.8) is 0 Å². The lowest BCUT2D eigenvalue weighted by Crippen LogP contribution is -2.30. The molecule has 0 saturated heterocycles. The molecular formula is C16H21ClN2O2. The first-order valence-corrected chi connectivity index (χ1v) is 6.71. The van der Waals surface area contributed by atoms with E-state index in [2.05, 4.69) is 0 Å². The first kappa shape index (κ1) is 17.3. The molecule has 21 heavy (non-hydrogen) atoms. The number of nitrogen functional groups attached to an aromatic ring is 1. The predicted octanol–water partition coefficient (Wildman–Crippen LogP) is 2.69. The number of benzene rings is 2. The number of aliphatic hydroxyl groups excluding tert-OH is 1. The van der Waals surface area contributed by atoms with Gasteiger partial charge in [0.1, 0.15) is 0 Å². The third-order valence-corrected chi connectivity index (χ3v) is 3.38. The van der Waals surface area contributed by atoms with E-state index in [1.807, 2.05) is 36.4 Å². The van der Waals surface area contributed by atoms with Crippen LogP contribution in [0.3, 0.4) is 0 Å². The van der Waals surface area contributed by atoms with E-state index < -0.39 is 6.10 Å². The van der Waals surface area contributed by atoms with Crippen LogP contribution in [0.25, 0.3) is 10.8 Å². The highest BCUT2D eigenvalue weighted by Gasteiger charge is 2.15. The van der Waals surface area contributed by atoms with E-state index in [1.54, 1.807) is 18.9 Å². The van der Waals surface area contributed by atoms with Gasteiger partial charge in [0, 0.05) is 19.3 Å². The molecular weight excluding hydrogens is 288 g/mol. The van der Waals surface area contributed by atoms with Crippen LogP contribution in [0.4, 0.5) is 5.69 Å². The highest BCUT2D eigenvalue weighted by atomic mass is 35.5. The van der Waals surface area contributed by atoms with Crippen molar-refractivity contribution in [3.05, 3.63) is 42.0 Å². The molecule has 0 bridgehead atoms. The number of amides is 1. The van der Waals surface area contributed by atoms with E-state index in [0.29, 0.717) is 24.2 Å². The summed E-state index contributed by atoms with van der Waals surface area (Å²) in [4.78, 5) is 14.0. The number of anilines is 1. The molecule has 4 nitrogen and oxygen atoms in total. The van der Waals surface area contributed by atoms with Crippen molar-refractivity contribution in [2.24, 2.45) is 0 Å². The number of carbonyl (C=O) groups is 1. The molecule has 2 rings (SSSR count). The molecule has 0 spiro atoms. The van der Waals surface area contributed by atoms with Gasteiger partial charge in [0.15, 0.2) is 0 Å². The second-order valence-electron chi connectivity index (χ2n) is 5.15. The molecule has 0 fully saturated rings.